The fourth-order valence-corrected chi connectivity index (χ4v) is 5.26. The van der Waals surface area contributed by atoms with Crippen LogP contribution < -0.4 is 23.8 Å². The number of aryl methyl sites for hydroxylation is 2. The number of amides is 1. The Bertz CT molecular complexity index is 1290. The molecule has 0 unspecified atom stereocenters. The van der Waals surface area contributed by atoms with E-state index in [-0.39, 0.29) is 16.3 Å². The molecule has 0 radical (unpaired) electrons. The third kappa shape index (κ3) is 7.16. The van der Waals surface area contributed by atoms with Gasteiger partial charge in [0.1, 0.15) is 23.8 Å². The van der Waals surface area contributed by atoms with Gasteiger partial charge in [-0.05, 0) is 62.6 Å². The standard InChI is InChI=1S/C28H34N2O6S/c1-5-36-26-11-7-6-9-22(26)10-8-18-29-28(31)20-30(25-17-14-23(34-3)19-27(25)35-4)37(32,33)24-15-12-21(2)13-16-24/h6-7,9,11-17,19H,5,8,10,18,20H2,1-4H3,(H,29,31). The Balaban J connectivity index is 1.78. The van der Waals surface area contributed by atoms with Crippen molar-refractivity contribution in [2.45, 2.75) is 31.6 Å². The smallest absolute Gasteiger partial charge is 0.264 e. The molecule has 0 aromatic heterocycles. The minimum Gasteiger partial charge on any atom is -0.497 e. The summed E-state index contributed by atoms with van der Waals surface area (Å²) in [6.07, 6.45) is 1.39. The predicted molar refractivity (Wildman–Crippen MR) is 144 cm³/mol. The minimum atomic E-state index is -4.07. The van der Waals surface area contributed by atoms with Crippen LogP contribution in [0.1, 0.15) is 24.5 Å². The summed E-state index contributed by atoms with van der Waals surface area (Å²) in [7, 11) is -1.12. The molecule has 0 saturated carbocycles. The molecule has 0 aliphatic rings. The lowest BCUT2D eigenvalue weighted by atomic mass is 10.1. The van der Waals surface area contributed by atoms with Gasteiger partial charge < -0.3 is 19.5 Å². The monoisotopic (exact) mass is 526 g/mol. The number of carbonyl (C=O) groups excluding carboxylic acids is 1. The summed E-state index contributed by atoms with van der Waals surface area (Å²) in [6, 6.07) is 19.1. The van der Waals surface area contributed by atoms with Crippen molar-refractivity contribution in [3.8, 4) is 17.2 Å². The molecule has 3 aromatic carbocycles. The molecule has 3 rings (SSSR count). The van der Waals surface area contributed by atoms with E-state index in [1.807, 2.05) is 38.1 Å². The number of sulfonamides is 1. The summed E-state index contributed by atoms with van der Waals surface area (Å²) < 4.78 is 44.7. The number of para-hydroxylation sites is 1. The van der Waals surface area contributed by atoms with E-state index in [0.29, 0.717) is 31.7 Å². The number of anilines is 1. The molecule has 0 fully saturated rings. The van der Waals surface area contributed by atoms with Crippen molar-refractivity contribution in [2.24, 2.45) is 0 Å². The normalized spacial score (nSPS) is 11.0. The maximum Gasteiger partial charge on any atom is 0.264 e. The van der Waals surface area contributed by atoms with Crippen LogP contribution in [0.2, 0.25) is 0 Å². The molecule has 0 aliphatic carbocycles. The van der Waals surface area contributed by atoms with E-state index < -0.39 is 22.5 Å². The number of benzene rings is 3. The molecule has 9 heteroatoms. The average Bonchev–Trinajstić information content (AvgIpc) is 2.90. The number of carbonyl (C=O) groups is 1. The van der Waals surface area contributed by atoms with Gasteiger partial charge in [-0.25, -0.2) is 8.42 Å². The van der Waals surface area contributed by atoms with Crippen LogP contribution in [0.5, 0.6) is 17.2 Å². The van der Waals surface area contributed by atoms with Gasteiger partial charge in [-0.15, -0.1) is 0 Å². The molecule has 0 heterocycles. The zero-order valence-electron chi connectivity index (χ0n) is 21.7. The number of nitrogens with zero attached hydrogens (tertiary/aromatic N) is 1. The van der Waals surface area contributed by atoms with Crippen LogP contribution in [0.25, 0.3) is 0 Å². The topological polar surface area (TPSA) is 94.2 Å². The van der Waals surface area contributed by atoms with Gasteiger partial charge in [-0.1, -0.05) is 35.9 Å². The molecule has 3 aromatic rings. The van der Waals surface area contributed by atoms with E-state index >= 15 is 0 Å². The van der Waals surface area contributed by atoms with Crippen LogP contribution in [0, 0.1) is 6.92 Å². The second-order valence-electron chi connectivity index (χ2n) is 8.36. The van der Waals surface area contributed by atoms with Gasteiger partial charge in [0.15, 0.2) is 0 Å². The van der Waals surface area contributed by atoms with Crippen LogP contribution in [0.3, 0.4) is 0 Å². The van der Waals surface area contributed by atoms with Gasteiger partial charge in [0.25, 0.3) is 10.0 Å². The molecule has 0 bridgehead atoms. The Morgan fingerprint density at radius 3 is 2.35 bits per heavy atom. The number of methoxy groups -OCH3 is 2. The maximum absolute atomic E-state index is 13.7. The van der Waals surface area contributed by atoms with Crippen molar-refractivity contribution in [1.82, 2.24) is 5.32 Å². The second kappa shape index (κ2) is 13.0. The lowest BCUT2D eigenvalue weighted by molar-refractivity contribution is -0.119. The van der Waals surface area contributed by atoms with Crippen molar-refractivity contribution in [1.29, 1.82) is 0 Å². The molecule has 198 valence electrons. The first-order valence-electron chi connectivity index (χ1n) is 12.1. The van der Waals surface area contributed by atoms with Gasteiger partial charge in [-0.3, -0.25) is 9.10 Å². The third-order valence-electron chi connectivity index (χ3n) is 5.77. The van der Waals surface area contributed by atoms with Gasteiger partial charge >= 0.3 is 0 Å². The molecule has 0 saturated heterocycles. The highest BCUT2D eigenvalue weighted by Crippen LogP contribution is 2.35. The molecule has 0 aliphatic heterocycles. The lowest BCUT2D eigenvalue weighted by Gasteiger charge is -2.26. The molecule has 1 N–H and O–H groups in total. The molecule has 0 spiro atoms. The van der Waals surface area contributed by atoms with Crippen LogP contribution in [0.15, 0.2) is 71.6 Å². The van der Waals surface area contributed by atoms with Gasteiger partial charge in [0, 0.05) is 12.6 Å². The Morgan fingerprint density at radius 2 is 1.68 bits per heavy atom. The van der Waals surface area contributed by atoms with Crippen molar-refractivity contribution in [2.75, 3.05) is 38.2 Å². The molecule has 8 nitrogen and oxygen atoms in total. The quantitative estimate of drug-likeness (QED) is 0.333. The Morgan fingerprint density at radius 1 is 0.946 bits per heavy atom. The van der Waals surface area contributed by atoms with Crippen LogP contribution in [0.4, 0.5) is 5.69 Å². The fourth-order valence-electron chi connectivity index (χ4n) is 3.83. The lowest BCUT2D eigenvalue weighted by Crippen LogP contribution is -2.41. The molecule has 37 heavy (non-hydrogen) atoms. The number of ether oxygens (including phenoxy) is 3. The largest absolute Gasteiger partial charge is 0.497 e. The third-order valence-corrected chi connectivity index (χ3v) is 7.54. The molecule has 0 atom stereocenters. The molecular formula is C28H34N2O6S. The van der Waals surface area contributed by atoms with Gasteiger partial charge in [0.05, 0.1) is 31.4 Å². The van der Waals surface area contributed by atoms with E-state index in [1.165, 1.54) is 26.4 Å². The number of hydrogen-bond donors (Lipinski definition) is 1. The van der Waals surface area contributed by atoms with Crippen molar-refractivity contribution in [3.05, 3.63) is 77.9 Å². The SMILES string of the molecule is CCOc1ccccc1CCCNC(=O)CN(c1ccc(OC)cc1OC)S(=O)(=O)c1ccc(C)cc1. The Kier molecular flexibility index (Phi) is 9.79. The van der Waals surface area contributed by atoms with Crippen molar-refractivity contribution < 1.29 is 27.4 Å². The van der Waals surface area contributed by atoms with E-state index in [0.717, 1.165) is 21.2 Å². The zero-order valence-corrected chi connectivity index (χ0v) is 22.5. The van der Waals surface area contributed by atoms with Gasteiger partial charge in [0.2, 0.25) is 5.91 Å². The van der Waals surface area contributed by atoms with E-state index in [2.05, 4.69) is 5.32 Å². The summed E-state index contributed by atoms with van der Waals surface area (Å²) in [5.41, 5.74) is 2.23. The Labute approximate surface area is 219 Å². The average molecular weight is 527 g/mol. The van der Waals surface area contributed by atoms with Crippen molar-refractivity contribution in [3.63, 3.8) is 0 Å². The zero-order chi connectivity index (χ0) is 26.8. The summed E-state index contributed by atoms with van der Waals surface area (Å²) in [6.45, 7) is 4.37. The maximum atomic E-state index is 13.7. The highest BCUT2D eigenvalue weighted by molar-refractivity contribution is 7.92. The first kappa shape index (κ1) is 27.9. The summed E-state index contributed by atoms with van der Waals surface area (Å²) in [5.74, 6) is 1.19. The second-order valence-corrected chi connectivity index (χ2v) is 10.2. The highest BCUT2D eigenvalue weighted by Gasteiger charge is 2.29. The number of rotatable bonds is 13. The van der Waals surface area contributed by atoms with E-state index in [9.17, 15) is 13.2 Å². The number of nitrogens with one attached hydrogen (secondary N) is 1. The summed E-state index contributed by atoms with van der Waals surface area (Å²) in [5, 5.41) is 2.85. The first-order chi connectivity index (χ1) is 17.8. The highest BCUT2D eigenvalue weighted by atomic mass is 32.2. The van der Waals surface area contributed by atoms with Crippen LogP contribution in [-0.2, 0) is 21.2 Å². The van der Waals surface area contributed by atoms with Crippen LogP contribution in [-0.4, -0.2) is 48.2 Å². The van der Waals surface area contributed by atoms with Crippen molar-refractivity contribution >= 4 is 21.6 Å². The minimum absolute atomic E-state index is 0.0799. The summed E-state index contributed by atoms with van der Waals surface area (Å²) in [4.78, 5) is 13.0. The number of hydrogen-bond acceptors (Lipinski definition) is 6. The van der Waals surface area contributed by atoms with Gasteiger partial charge in [-0.2, -0.15) is 0 Å². The molecule has 1 amide bonds. The van der Waals surface area contributed by atoms with Crippen LogP contribution >= 0.6 is 0 Å². The molecular weight excluding hydrogens is 492 g/mol. The summed E-state index contributed by atoms with van der Waals surface area (Å²) >= 11 is 0. The van der Waals surface area contributed by atoms with E-state index in [1.54, 1.807) is 30.3 Å². The fraction of sp³-hybridized carbons (Fsp3) is 0.321. The Hall–Kier alpha value is -3.72. The predicted octanol–water partition coefficient (Wildman–Crippen LogP) is 4.36. The van der Waals surface area contributed by atoms with E-state index in [4.69, 9.17) is 14.2 Å². The first-order valence-corrected chi connectivity index (χ1v) is 13.5.